The summed E-state index contributed by atoms with van der Waals surface area (Å²) in [5.41, 5.74) is -0.289. The van der Waals surface area contributed by atoms with Gasteiger partial charge in [0.05, 0.1) is 16.4 Å². The van der Waals surface area contributed by atoms with Crippen LogP contribution in [0, 0.1) is 0 Å². The highest BCUT2D eigenvalue weighted by atomic mass is 35.5. The number of nitrogens with zero attached hydrogens (tertiary/aromatic N) is 1. The number of thiophene rings is 1. The maximum atomic E-state index is 6.10. The normalized spacial score (nSPS) is 27.2. The van der Waals surface area contributed by atoms with Crippen molar-refractivity contribution in [1.82, 2.24) is 5.32 Å². The van der Waals surface area contributed by atoms with E-state index in [9.17, 15) is 0 Å². The van der Waals surface area contributed by atoms with Crippen LogP contribution in [0.1, 0.15) is 18.2 Å². The Hall–Kier alpha value is -0.740. The minimum absolute atomic E-state index is 0.289. The Morgan fingerprint density at radius 1 is 1.69 bits per heavy atom. The first-order chi connectivity index (χ1) is 7.75. The topological polar surface area (TPSA) is 33.6 Å². The van der Waals surface area contributed by atoms with Gasteiger partial charge in [-0.05, 0) is 6.42 Å². The Bertz CT molecular complexity index is 457. The fraction of sp³-hybridized carbons (Fsp3) is 0.545. The number of rotatable bonds is 2. The van der Waals surface area contributed by atoms with Crippen LogP contribution < -0.4 is 10.1 Å². The molecule has 3 heterocycles. The van der Waals surface area contributed by atoms with Gasteiger partial charge < -0.3 is 10.1 Å². The third kappa shape index (κ3) is 1.36. The van der Waals surface area contributed by atoms with Crippen LogP contribution >= 0.6 is 22.9 Å². The Morgan fingerprint density at radius 3 is 3.19 bits per heavy atom. The van der Waals surface area contributed by atoms with Crippen LogP contribution in [0.3, 0.4) is 0 Å². The van der Waals surface area contributed by atoms with E-state index in [1.165, 1.54) is 4.88 Å². The quantitative estimate of drug-likeness (QED) is 0.882. The lowest BCUT2D eigenvalue weighted by Gasteiger charge is -2.27. The minimum Gasteiger partial charge on any atom is -0.476 e. The molecule has 0 amide bonds. The van der Waals surface area contributed by atoms with Crippen molar-refractivity contribution in [3.8, 4) is 5.75 Å². The van der Waals surface area contributed by atoms with Crippen LogP contribution in [0.25, 0.3) is 0 Å². The van der Waals surface area contributed by atoms with E-state index in [1.807, 2.05) is 5.38 Å². The summed E-state index contributed by atoms with van der Waals surface area (Å²) in [6, 6.07) is 0. The molecule has 0 radical (unpaired) electrons. The zero-order valence-corrected chi connectivity index (χ0v) is 10.6. The molecule has 0 bridgehead atoms. The van der Waals surface area contributed by atoms with Gasteiger partial charge in [-0.15, -0.1) is 11.3 Å². The van der Waals surface area contributed by atoms with E-state index < -0.39 is 0 Å². The van der Waals surface area contributed by atoms with Gasteiger partial charge in [0, 0.05) is 18.3 Å². The second-order valence-corrected chi connectivity index (χ2v) is 5.49. The summed E-state index contributed by atoms with van der Waals surface area (Å²) in [6.07, 6.45) is 1.80. The molecule has 0 aliphatic carbocycles. The molecule has 16 heavy (non-hydrogen) atoms. The van der Waals surface area contributed by atoms with E-state index in [4.69, 9.17) is 16.3 Å². The standard InChI is InChI=1S/C11H13ClN2OS/c1-2-11(10-13-3-4-14-10)5-8-9(15-11)7(12)6-16-8/h6H,2-5H2,1H3,(H,13,14). The van der Waals surface area contributed by atoms with E-state index in [-0.39, 0.29) is 5.60 Å². The fourth-order valence-electron chi connectivity index (χ4n) is 2.28. The molecule has 1 aromatic rings. The van der Waals surface area contributed by atoms with Crippen molar-refractivity contribution in [2.75, 3.05) is 13.1 Å². The number of fused-ring (bicyclic) bond motifs is 1. The average Bonchev–Trinajstić information content (AvgIpc) is 2.96. The Morgan fingerprint density at radius 2 is 2.56 bits per heavy atom. The molecule has 0 saturated heterocycles. The van der Waals surface area contributed by atoms with Gasteiger partial charge in [-0.1, -0.05) is 18.5 Å². The minimum atomic E-state index is -0.289. The predicted octanol–water partition coefficient (Wildman–Crippen LogP) is 2.49. The second-order valence-electron chi connectivity index (χ2n) is 4.12. The molecule has 1 unspecified atom stereocenters. The molecule has 1 N–H and O–H groups in total. The molecule has 2 aliphatic heterocycles. The number of nitrogens with one attached hydrogen (secondary N) is 1. The van der Waals surface area contributed by atoms with Gasteiger partial charge in [0.2, 0.25) is 0 Å². The number of halogens is 1. The summed E-state index contributed by atoms with van der Waals surface area (Å²) in [4.78, 5) is 5.73. The van der Waals surface area contributed by atoms with Crippen molar-refractivity contribution >= 4 is 28.8 Å². The summed E-state index contributed by atoms with van der Waals surface area (Å²) >= 11 is 7.78. The fourth-order valence-corrected chi connectivity index (χ4v) is 3.55. The van der Waals surface area contributed by atoms with Gasteiger partial charge in [0.15, 0.2) is 11.4 Å². The molecule has 0 aromatic carbocycles. The molecule has 3 rings (SSSR count). The predicted molar refractivity (Wildman–Crippen MR) is 67.0 cm³/mol. The maximum absolute atomic E-state index is 6.10. The summed E-state index contributed by atoms with van der Waals surface area (Å²) in [6.45, 7) is 3.90. The lowest BCUT2D eigenvalue weighted by Crippen LogP contribution is -2.48. The molecule has 5 heteroatoms. The number of aliphatic imine (C=N–C) groups is 1. The first kappa shape index (κ1) is 10.4. The highest BCUT2D eigenvalue weighted by Gasteiger charge is 2.45. The van der Waals surface area contributed by atoms with E-state index >= 15 is 0 Å². The summed E-state index contributed by atoms with van der Waals surface area (Å²) in [7, 11) is 0. The SMILES string of the molecule is CCC1(C2=NCCN2)Cc2scc(Cl)c2O1. The van der Waals surface area contributed by atoms with Crippen molar-refractivity contribution < 1.29 is 4.74 Å². The lowest BCUT2D eigenvalue weighted by atomic mass is 9.96. The summed E-state index contributed by atoms with van der Waals surface area (Å²) in [5.74, 6) is 1.86. The zero-order valence-electron chi connectivity index (χ0n) is 9.05. The van der Waals surface area contributed by atoms with Crippen LogP contribution in [0.2, 0.25) is 5.02 Å². The highest BCUT2D eigenvalue weighted by Crippen LogP contribution is 2.46. The second kappa shape index (κ2) is 3.64. The molecule has 2 aliphatic rings. The van der Waals surface area contributed by atoms with Crippen molar-refractivity contribution in [2.45, 2.75) is 25.4 Å². The van der Waals surface area contributed by atoms with Gasteiger partial charge in [0.1, 0.15) is 5.84 Å². The molecule has 0 spiro atoms. The number of hydrogen-bond donors (Lipinski definition) is 1. The van der Waals surface area contributed by atoms with Crippen molar-refractivity contribution in [2.24, 2.45) is 4.99 Å². The summed E-state index contributed by atoms with van der Waals surface area (Å²) < 4.78 is 6.08. The Labute approximate surface area is 103 Å². The van der Waals surface area contributed by atoms with Gasteiger partial charge in [0.25, 0.3) is 0 Å². The molecule has 0 fully saturated rings. The van der Waals surface area contributed by atoms with Crippen molar-refractivity contribution in [3.05, 3.63) is 15.3 Å². The van der Waals surface area contributed by atoms with Gasteiger partial charge in [-0.2, -0.15) is 0 Å². The molecule has 0 saturated carbocycles. The van der Waals surface area contributed by atoms with Gasteiger partial charge in [-0.25, -0.2) is 0 Å². The first-order valence-corrected chi connectivity index (χ1v) is 6.74. The molecular weight excluding hydrogens is 244 g/mol. The van der Waals surface area contributed by atoms with Crippen molar-refractivity contribution in [1.29, 1.82) is 0 Å². The van der Waals surface area contributed by atoms with E-state index in [2.05, 4.69) is 17.2 Å². The highest BCUT2D eigenvalue weighted by molar-refractivity contribution is 7.11. The van der Waals surface area contributed by atoms with Crippen LogP contribution in [0.15, 0.2) is 10.4 Å². The number of amidine groups is 1. The van der Waals surface area contributed by atoms with Gasteiger partial charge in [-0.3, -0.25) is 4.99 Å². The molecular formula is C11H13ClN2OS. The van der Waals surface area contributed by atoms with E-state index in [0.29, 0.717) is 0 Å². The average molecular weight is 257 g/mol. The van der Waals surface area contributed by atoms with Gasteiger partial charge >= 0.3 is 0 Å². The lowest BCUT2D eigenvalue weighted by molar-refractivity contribution is 0.162. The van der Waals surface area contributed by atoms with E-state index in [1.54, 1.807) is 11.3 Å². The van der Waals surface area contributed by atoms with E-state index in [0.717, 1.165) is 42.5 Å². The van der Waals surface area contributed by atoms with Crippen LogP contribution in [-0.2, 0) is 6.42 Å². The monoisotopic (exact) mass is 256 g/mol. The van der Waals surface area contributed by atoms with Crippen LogP contribution in [0.4, 0.5) is 0 Å². The Kier molecular flexibility index (Phi) is 2.37. The zero-order chi connectivity index (χ0) is 11.2. The summed E-state index contributed by atoms with van der Waals surface area (Å²) in [5, 5.41) is 5.99. The number of hydrogen-bond acceptors (Lipinski definition) is 4. The third-order valence-electron chi connectivity index (χ3n) is 3.20. The third-order valence-corrected chi connectivity index (χ3v) is 4.57. The number of ether oxygens (including phenoxy) is 1. The van der Waals surface area contributed by atoms with Crippen LogP contribution in [-0.4, -0.2) is 24.5 Å². The molecule has 1 aromatic heterocycles. The smallest absolute Gasteiger partial charge is 0.170 e. The first-order valence-electron chi connectivity index (χ1n) is 5.49. The molecule has 86 valence electrons. The molecule has 3 nitrogen and oxygen atoms in total. The maximum Gasteiger partial charge on any atom is 0.170 e. The molecule has 1 atom stereocenters. The largest absolute Gasteiger partial charge is 0.476 e. The van der Waals surface area contributed by atoms with Crippen LogP contribution in [0.5, 0.6) is 5.75 Å². The van der Waals surface area contributed by atoms with Crippen molar-refractivity contribution in [3.63, 3.8) is 0 Å². The Balaban J connectivity index is 1.96.